The van der Waals surface area contributed by atoms with Gasteiger partial charge in [0.25, 0.3) is 11.8 Å². The molecular formula is C16H19N3O2. The third kappa shape index (κ3) is 2.12. The Morgan fingerprint density at radius 2 is 1.86 bits per heavy atom. The summed E-state index contributed by atoms with van der Waals surface area (Å²) in [5.74, 6) is -0.410. The summed E-state index contributed by atoms with van der Waals surface area (Å²) in [6.07, 6.45) is 3.82. The first-order valence-corrected chi connectivity index (χ1v) is 7.60. The van der Waals surface area contributed by atoms with Gasteiger partial charge < -0.3 is 5.32 Å². The zero-order valence-electron chi connectivity index (χ0n) is 12.1. The summed E-state index contributed by atoms with van der Waals surface area (Å²) < 4.78 is 0. The van der Waals surface area contributed by atoms with Crippen LogP contribution >= 0.6 is 0 Å². The van der Waals surface area contributed by atoms with E-state index in [9.17, 15) is 9.59 Å². The molecule has 2 fully saturated rings. The summed E-state index contributed by atoms with van der Waals surface area (Å²) in [5, 5.41) is 3.51. The Morgan fingerprint density at radius 3 is 2.62 bits per heavy atom. The van der Waals surface area contributed by atoms with E-state index in [-0.39, 0.29) is 11.8 Å². The van der Waals surface area contributed by atoms with Crippen LogP contribution in [0.5, 0.6) is 0 Å². The van der Waals surface area contributed by atoms with Crippen molar-refractivity contribution in [3.63, 3.8) is 0 Å². The molecular weight excluding hydrogens is 266 g/mol. The lowest BCUT2D eigenvalue weighted by atomic mass is 10.1. The normalized spacial score (nSPS) is 25.6. The molecule has 1 saturated carbocycles. The number of amides is 2. The molecule has 0 bridgehead atoms. The second-order valence-electron chi connectivity index (χ2n) is 6.29. The fourth-order valence-electron chi connectivity index (χ4n) is 3.36. The average molecular weight is 285 g/mol. The highest BCUT2D eigenvalue weighted by Crippen LogP contribution is 2.31. The second-order valence-corrected chi connectivity index (χ2v) is 6.29. The van der Waals surface area contributed by atoms with E-state index in [0.29, 0.717) is 17.2 Å². The number of anilines is 1. The first-order valence-electron chi connectivity index (χ1n) is 7.60. The number of hydrogen-bond acceptors (Lipinski definition) is 4. The van der Waals surface area contributed by atoms with Crippen LogP contribution in [0.4, 0.5) is 5.69 Å². The van der Waals surface area contributed by atoms with E-state index in [2.05, 4.69) is 10.2 Å². The zero-order chi connectivity index (χ0) is 14.6. The largest absolute Gasteiger partial charge is 0.381 e. The van der Waals surface area contributed by atoms with E-state index in [1.54, 1.807) is 6.07 Å². The van der Waals surface area contributed by atoms with Crippen LogP contribution in [0.15, 0.2) is 18.2 Å². The van der Waals surface area contributed by atoms with Crippen LogP contribution in [0.25, 0.3) is 0 Å². The number of imide groups is 1. The Bertz CT molecular complexity index is 624. The molecule has 4 rings (SSSR count). The number of likely N-dealkylation sites (tertiary alicyclic amines) is 1. The Labute approximate surface area is 123 Å². The summed E-state index contributed by atoms with van der Waals surface area (Å²) in [7, 11) is 1.53. The van der Waals surface area contributed by atoms with Crippen molar-refractivity contribution >= 4 is 17.5 Å². The molecule has 0 radical (unpaired) electrons. The highest BCUT2D eigenvalue weighted by Gasteiger charge is 2.35. The van der Waals surface area contributed by atoms with Crippen molar-refractivity contribution in [1.82, 2.24) is 9.80 Å². The number of carbonyl (C=O) groups excluding carboxylic acids is 2. The SMILES string of the molecule is CN1C(=O)c2ccc(NC3CCN(C4CC4)C3)cc2C1=O. The fourth-order valence-corrected chi connectivity index (χ4v) is 3.36. The molecule has 110 valence electrons. The van der Waals surface area contributed by atoms with Gasteiger partial charge in [-0.05, 0) is 37.5 Å². The Morgan fingerprint density at radius 1 is 1.10 bits per heavy atom. The summed E-state index contributed by atoms with van der Waals surface area (Å²) in [5.41, 5.74) is 1.97. The lowest BCUT2D eigenvalue weighted by molar-refractivity contribution is 0.0693. The molecule has 1 aromatic rings. The van der Waals surface area contributed by atoms with Crippen LogP contribution < -0.4 is 5.32 Å². The van der Waals surface area contributed by atoms with Gasteiger partial charge in [-0.2, -0.15) is 0 Å². The van der Waals surface area contributed by atoms with Gasteiger partial charge in [-0.1, -0.05) is 0 Å². The Kier molecular flexibility index (Phi) is 2.79. The van der Waals surface area contributed by atoms with Crippen LogP contribution in [-0.4, -0.2) is 53.8 Å². The van der Waals surface area contributed by atoms with E-state index in [1.165, 1.54) is 24.8 Å². The molecule has 3 aliphatic rings. The topological polar surface area (TPSA) is 52.7 Å². The summed E-state index contributed by atoms with van der Waals surface area (Å²) in [6, 6.07) is 6.73. The molecule has 2 aliphatic heterocycles. The molecule has 2 amide bonds. The van der Waals surface area contributed by atoms with Crippen molar-refractivity contribution in [2.24, 2.45) is 0 Å². The van der Waals surface area contributed by atoms with Crippen LogP contribution in [0.2, 0.25) is 0 Å². The first kappa shape index (κ1) is 12.8. The molecule has 5 heteroatoms. The van der Waals surface area contributed by atoms with Crippen molar-refractivity contribution in [3.8, 4) is 0 Å². The molecule has 1 unspecified atom stereocenters. The minimum Gasteiger partial charge on any atom is -0.381 e. The quantitative estimate of drug-likeness (QED) is 0.856. The monoisotopic (exact) mass is 285 g/mol. The molecule has 0 aromatic heterocycles. The van der Waals surface area contributed by atoms with Gasteiger partial charge in [-0.3, -0.25) is 19.4 Å². The maximum Gasteiger partial charge on any atom is 0.261 e. The van der Waals surface area contributed by atoms with Crippen molar-refractivity contribution in [3.05, 3.63) is 29.3 Å². The molecule has 0 spiro atoms. The van der Waals surface area contributed by atoms with E-state index in [1.807, 2.05) is 12.1 Å². The van der Waals surface area contributed by atoms with Gasteiger partial charge in [0.1, 0.15) is 0 Å². The van der Waals surface area contributed by atoms with Crippen LogP contribution in [0, 0.1) is 0 Å². The van der Waals surface area contributed by atoms with Gasteiger partial charge >= 0.3 is 0 Å². The Balaban J connectivity index is 1.50. The highest BCUT2D eigenvalue weighted by molar-refractivity contribution is 6.21. The van der Waals surface area contributed by atoms with Gasteiger partial charge in [0, 0.05) is 37.9 Å². The first-order chi connectivity index (χ1) is 10.1. The molecule has 2 heterocycles. The van der Waals surface area contributed by atoms with Crippen LogP contribution in [-0.2, 0) is 0 Å². The lowest BCUT2D eigenvalue weighted by Gasteiger charge is -2.17. The van der Waals surface area contributed by atoms with E-state index in [0.717, 1.165) is 31.2 Å². The van der Waals surface area contributed by atoms with Crippen molar-refractivity contribution in [2.45, 2.75) is 31.3 Å². The maximum absolute atomic E-state index is 12.0. The van der Waals surface area contributed by atoms with E-state index < -0.39 is 0 Å². The third-order valence-corrected chi connectivity index (χ3v) is 4.74. The molecule has 1 atom stereocenters. The van der Waals surface area contributed by atoms with Crippen molar-refractivity contribution in [2.75, 3.05) is 25.5 Å². The third-order valence-electron chi connectivity index (χ3n) is 4.74. The molecule has 1 aliphatic carbocycles. The summed E-state index contributed by atoms with van der Waals surface area (Å²) >= 11 is 0. The van der Waals surface area contributed by atoms with Gasteiger partial charge in [-0.15, -0.1) is 0 Å². The lowest BCUT2D eigenvalue weighted by Crippen LogP contribution is -2.27. The number of carbonyl (C=O) groups is 2. The number of nitrogens with one attached hydrogen (secondary N) is 1. The van der Waals surface area contributed by atoms with Crippen molar-refractivity contribution < 1.29 is 9.59 Å². The number of nitrogens with zero attached hydrogens (tertiary/aromatic N) is 2. The van der Waals surface area contributed by atoms with Gasteiger partial charge in [0.05, 0.1) is 11.1 Å². The molecule has 1 N–H and O–H groups in total. The van der Waals surface area contributed by atoms with Gasteiger partial charge in [0.15, 0.2) is 0 Å². The minimum absolute atomic E-state index is 0.204. The number of rotatable bonds is 3. The summed E-state index contributed by atoms with van der Waals surface area (Å²) in [6.45, 7) is 2.24. The molecule has 21 heavy (non-hydrogen) atoms. The van der Waals surface area contributed by atoms with Crippen molar-refractivity contribution in [1.29, 1.82) is 0 Å². The number of fused-ring (bicyclic) bond motifs is 1. The van der Waals surface area contributed by atoms with Gasteiger partial charge in [-0.25, -0.2) is 0 Å². The Hall–Kier alpha value is -1.88. The van der Waals surface area contributed by atoms with E-state index in [4.69, 9.17) is 0 Å². The average Bonchev–Trinajstić information content (AvgIpc) is 3.21. The maximum atomic E-state index is 12.0. The number of benzene rings is 1. The van der Waals surface area contributed by atoms with E-state index >= 15 is 0 Å². The number of hydrogen-bond donors (Lipinski definition) is 1. The smallest absolute Gasteiger partial charge is 0.261 e. The van der Waals surface area contributed by atoms with Gasteiger partial charge in [0.2, 0.25) is 0 Å². The second kappa shape index (κ2) is 4.56. The summed E-state index contributed by atoms with van der Waals surface area (Å²) in [4.78, 5) is 27.6. The zero-order valence-corrected chi connectivity index (χ0v) is 12.1. The fraction of sp³-hybridized carbons (Fsp3) is 0.500. The predicted molar refractivity (Wildman–Crippen MR) is 79.5 cm³/mol. The van der Waals surface area contributed by atoms with Crippen LogP contribution in [0.3, 0.4) is 0 Å². The molecule has 1 saturated heterocycles. The van der Waals surface area contributed by atoms with Crippen LogP contribution in [0.1, 0.15) is 40.0 Å². The predicted octanol–water partition coefficient (Wildman–Crippen LogP) is 1.56. The molecule has 1 aromatic carbocycles. The minimum atomic E-state index is -0.206. The standard InChI is InChI=1S/C16H19N3O2/c1-18-15(20)13-5-2-10(8-14(13)16(18)21)17-11-6-7-19(9-11)12-3-4-12/h2,5,8,11-12,17H,3-4,6-7,9H2,1H3. The highest BCUT2D eigenvalue weighted by atomic mass is 16.2. The molecule has 5 nitrogen and oxygen atoms in total.